The molecule has 1 aromatic carbocycles. The van der Waals surface area contributed by atoms with Crippen LogP contribution < -0.4 is 10.6 Å². The molecule has 100 valence electrons. The maximum absolute atomic E-state index is 13.1. The number of nitrogens with two attached hydrogens (primary N) is 1. The van der Waals surface area contributed by atoms with Crippen molar-refractivity contribution >= 4 is 11.4 Å². The Morgan fingerprint density at radius 1 is 1.39 bits per heavy atom. The normalized spacial score (nSPS) is 24.6. The summed E-state index contributed by atoms with van der Waals surface area (Å²) in [6.07, 6.45) is -2.47. The molecule has 3 nitrogen and oxygen atoms in total. The lowest BCUT2D eigenvalue weighted by Crippen LogP contribution is -2.47. The Kier molecular flexibility index (Phi) is 3.71. The number of hydrogen-bond acceptors (Lipinski definition) is 3. The van der Waals surface area contributed by atoms with E-state index < -0.39 is 6.43 Å². The topological polar surface area (TPSA) is 38.5 Å². The summed E-state index contributed by atoms with van der Waals surface area (Å²) in [4.78, 5) is 1.97. The van der Waals surface area contributed by atoms with Crippen LogP contribution >= 0.6 is 0 Å². The van der Waals surface area contributed by atoms with Crippen molar-refractivity contribution in [2.75, 3.05) is 23.8 Å². The quantitative estimate of drug-likeness (QED) is 0.827. The first-order chi connectivity index (χ1) is 8.49. The smallest absolute Gasteiger partial charge is 0.265 e. The van der Waals surface area contributed by atoms with Crippen LogP contribution in [0.2, 0.25) is 0 Å². The molecule has 2 N–H and O–H groups in total. The molecule has 0 aliphatic carbocycles. The van der Waals surface area contributed by atoms with Crippen molar-refractivity contribution in [2.45, 2.75) is 32.4 Å². The Hall–Kier alpha value is -1.36. The number of nitrogens with zero attached hydrogens (tertiary/aromatic N) is 1. The molecule has 2 unspecified atom stereocenters. The van der Waals surface area contributed by atoms with E-state index in [0.29, 0.717) is 24.5 Å². The lowest BCUT2D eigenvalue weighted by molar-refractivity contribution is 0.0339. The van der Waals surface area contributed by atoms with Gasteiger partial charge in [0.25, 0.3) is 6.43 Å². The second kappa shape index (κ2) is 5.10. The molecule has 0 aromatic heterocycles. The van der Waals surface area contributed by atoms with E-state index in [0.717, 1.165) is 0 Å². The number of rotatable bonds is 2. The van der Waals surface area contributed by atoms with E-state index in [4.69, 9.17) is 10.5 Å². The van der Waals surface area contributed by atoms with Crippen molar-refractivity contribution in [2.24, 2.45) is 0 Å². The minimum absolute atomic E-state index is 0.00375. The summed E-state index contributed by atoms with van der Waals surface area (Å²) in [5.41, 5.74) is 6.50. The fraction of sp³-hybridized carbons (Fsp3) is 0.538. The lowest BCUT2D eigenvalue weighted by atomic mass is 10.1. The van der Waals surface area contributed by atoms with Crippen molar-refractivity contribution in [3.63, 3.8) is 0 Å². The van der Waals surface area contributed by atoms with Gasteiger partial charge in [0, 0.05) is 29.5 Å². The molecule has 0 bridgehead atoms. The first kappa shape index (κ1) is 13.1. The molecule has 0 saturated carbocycles. The number of anilines is 2. The van der Waals surface area contributed by atoms with Crippen molar-refractivity contribution in [1.29, 1.82) is 0 Å². The number of morpholine rings is 1. The van der Waals surface area contributed by atoms with E-state index in [9.17, 15) is 8.78 Å². The molecule has 1 aromatic rings. The van der Waals surface area contributed by atoms with Crippen LogP contribution in [0.5, 0.6) is 0 Å². The van der Waals surface area contributed by atoms with Gasteiger partial charge in [0.15, 0.2) is 0 Å². The molecule has 2 atom stereocenters. The summed E-state index contributed by atoms with van der Waals surface area (Å²) >= 11 is 0. The lowest BCUT2D eigenvalue weighted by Gasteiger charge is -2.39. The highest BCUT2D eigenvalue weighted by atomic mass is 19.3. The van der Waals surface area contributed by atoms with E-state index in [2.05, 4.69) is 0 Å². The van der Waals surface area contributed by atoms with Crippen LogP contribution in [0.1, 0.15) is 25.8 Å². The van der Waals surface area contributed by atoms with E-state index in [-0.39, 0.29) is 17.7 Å². The predicted molar refractivity (Wildman–Crippen MR) is 68.0 cm³/mol. The molecular weight excluding hydrogens is 238 g/mol. The van der Waals surface area contributed by atoms with Crippen molar-refractivity contribution in [1.82, 2.24) is 0 Å². The highest BCUT2D eigenvalue weighted by molar-refractivity contribution is 5.61. The van der Waals surface area contributed by atoms with Gasteiger partial charge >= 0.3 is 0 Å². The van der Waals surface area contributed by atoms with Gasteiger partial charge < -0.3 is 15.4 Å². The van der Waals surface area contributed by atoms with Crippen molar-refractivity contribution < 1.29 is 13.5 Å². The van der Waals surface area contributed by atoms with Crippen LogP contribution in [0.15, 0.2) is 18.2 Å². The maximum Gasteiger partial charge on any atom is 0.265 e. The molecule has 1 aliphatic heterocycles. The van der Waals surface area contributed by atoms with Crippen molar-refractivity contribution in [3.8, 4) is 0 Å². The second-order valence-corrected chi connectivity index (χ2v) is 4.76. The first-order valence-corrected chi connectivity index (χ1v) is 6.05. The third kappa shape index (κ3) is 2.56. The van der Waals surface area contributed by atoms with Gasteiger partial charge in [-0.1, -0.05) is 0 Å². The number of hydrogen-bond donors (Lipinski definition) is 1. The first-order valence-electron chi connectivity index (χ1n) is 6.05. The predicted octanol–water partition coefficient (Wildman–Crippen LogP) is 2.82. The average molecular weight is 256 g/mol. The molecular formula is C13H18F2N2O. The minimum atomic E-state index is -2.52. The molecule has 5 heteroatoms. The summed E-state index contributed by atoms with van der Waals surface area (Å²) < 4.78 is 31.7. The Balaban J connectivity index is 2.36. The number of halogens is 2. The number of nitrogen functional groups attached to an aromatic ring is 1. The SMILES string of the molecule is CC1CN(c2ccc(N)cc2C(F)F)C(C)CO1. The van der Waals surface area contributed by atoms with Gasteiger partial charge in [-0.25, -0.2) is 8.78 Å². The minimum Gasteiger partial charge on any atom is -0.399 e. The molecule has 0 amide bonds. The maximum atomic E-state index is 13.1. The molecule has 1 heterocycles. The monoisotopic (exact) mass is 256 g/mol. The summed E-state index contributed by atoms with van der Waals surface area (Å²) in [5.74, 6) is 0. The van der Waals surface area contributed by atoms with E-state index in [1.165, 1.54) is 6.07 Å². The van der Waals surface area contributed by atoms with Crippen LogP contribution in [-0.2, 0) is 4.74 Å². The van der Waals surface area contributed by atoms with Gasteiger partial charge in [-0.2, -0.15) is 0 Å². The zero-order valence-electron chi connectivity index (χ0n) is 10.6. The van der Waals surface area contributed by atoms with E-state index >= 15 is 0 Å². The average Bonchev–Trinajstić information content (AvgIpc) is 2.32. The summed E-state index contributed by atoms with van der Waals surface area (Å²) in [5, 5.41) is 0. The fourth-order valence-corrected chi connectivity index (χ4v) is 2.25. The highest BCUT2D eigenvalue weighted by Gasteiger charge is 2.27. The van der Waals surface area contributed by atoms with Gasteiger partial charge in [0.2, 0.25) is 0 Å². The summed E-state index contributed by atoms with van der Waals surface area (Å²) in [7, 11) is 0. The molecule has 18 heavy (non-hydrogen) atoms. The zero-order valence-corrected chi connectivity index (χ0v) is 10.6. The molecule has 1 aliphatic rings. The summed E-state index contributed by atoms with van der Waals surface area (Å²) in [6.45, 7) is 5.08. The van der Waals surface area contributed by atoms with Crippen LogP contribution in [-0.4, -0.2) is 25.3 Å². The Labute approximate surface area is 106 Å². The molecule has 1 saturated heterocycles. The van der Waals surface area contributed by atoms with Gasteiger partial charge in [0.05, 0.1) is 12.7 Å². The molecule has 0 spiro atoms. The largest absolute Gasteiger partial charge is 0.399 e. The molecule has 0 radical (unpaired) electrons. The van der Waals surface area contributed by atoms with Gasteiger partial charge in [-0.15, -0.1) is 0 Å². The van der Waals surface area contributed by atoms with Crippen LogP contribution in [0.3, 0.4) is 0 Å². The highest BCUT2D eigenvalue weighted by Crippen LogP contribution is 2.33. The number of ether oxygens (including phenoxy) is 1. The van der Waals surface area contributed by atoms with Crippen LogP contribution in [0.4, 0.5) is 20.2 Å². The van der Waals surface area contributed by atoms with Gasteiger partial charge in [-0.3, -0.25) is 0 Å². The van der Waals surface area contributed by atoms with E-state index in [1.54, 1.807) is 12.1 Å². The molecule has 1 fully saturated rings. The Morgan fingerprint density at radius 3 is 2.78 bits per heavy atom. The standard InChI is InChI=1S/C13H18F2N2O/c1-8-7-18-9(2)6-17(8)12-4-3-10(16)5-11(12)13(14)15/h3-5,8-9,13H,6-7,16H2,1-2H3. The van der Waals surface area contributed by atoms with E-state index in [1.807, 2.05) is 18.7 Å². The van der Waals surface area contributed by atoms with Gasteiger partial charge in [0.1, 0.15) is 0 Å². The number of benzene rings is 1. The van der Waals surface area contributed by atoms with Crippen LogP contribution in [0.25, 0.3) is 0 Å². The van der Waals surface area contributed by atoms with Crippen LogP contribution in [0, 0.1) is 0 Å². The third-order valence-corrected chi connectivity index (χ3v) is 3.20. The zero-order chi connectivity index (χ0) is 13.3. The third-order valence-electron chi connectivity index (χ3n) is 3.20. The fourth-order valence-electron chi connectivity index (χ4n) is 2.25. The Morgan fingerprint density at radius 2 is 2.11 bits per heavy atom. The van der Waals surface area contributed by atoms with Crippen molar-refractivity contribution in [3.05, 3.63) is 23.8 Å². The number of alkyl halides is 2. The second-order valence-electron chi connectivity index (χ2n) is 4.76. The summed E-state index contributed by atoms with van der Waals surface area (Å²) in [6, 6.07) is 4.77. The Bertz CT molecular complexity index is 425. The molecule has 2 rings (SSSR count). The van der Waals surface area contributed by atoms with Gasteiger partial charge in [-0.05, 0) is 32.0 Å².